The molecule has 0 aliphatic carbocycles. The molecule has 1 heterocycles. The van der Waals surface area contributed by atoms with Gasteiger partial charge in [-0.2, -0.15) is 0 Å². The molecule has 22 heavy (non-hydrogen) atoms. The molecule has 0 fully saturated rings. The maximum Gasteiger partial charge on any atom is 0.407 e. The van der Waals surface area contributed by atoms with Gasteiger partial charge in [0, 0.05) is 18.3 Å². The number of rotatable bonds is 6. The Bertz CT molecular complexity index is 508. The van der Waals surface area contributed by atoms with Gasteiger partial charge in [-0.05, 0) is 34.1 Å². The number of alkyl carbamates (subject to hydrolysis) is 1. The summed E-state index contributed by atoms with van der Waals surface area (Å²) in [4.78, 5) is 27.7. The Morgan fingerprint density at radius 2 is 2.09 bits per heavy atom. The minimum atomic E-state index is -0.539. The molecule has 0 radical (unpaired) electrons. The summed E-state index contributed by atoms with van der Waals surface area (Å²) in [6.45, 7) is 9.56. The van der Waals surface area contributed by atoms with Gasteiger partial charge in [0.05, 0.1) is 16.7 Å². The predicted molar refractivity (Wildman–Crippen MR) is 86.9 cm³/mol. The average molecular weight is 327 g/mol. The second-order valence-corrected chi connectivity index (χ2v) is 6.93. The van der Waals surface area contributed by atoms with Crippen LogP contribution in [0, 0.1) is 0 Å². The molecule has 0 aliphatic rings. The molecule has 124 valence electrons. The fourth-order valence-electron chi connectivity index (χ4n) is 1.67. The highest BCUT2D eigenvalue weighted by Crippen LogP contribution is 2.16. The minimum Gasteiger partial charge on any atom is -0.444 e. The summed E-state index contributed by atoms with van der Waals surface area (Å²) < 4.78 is 5.09. The van der Waals surface area contributed by atoms with Gasteiger partial charge in [0.25, 0.3) is 0 Å². The first-order valence-electron chi connectivity index (χ1n) is 7.41. The van der Waals surface area contributed by atoms with Crippen molar-refractivity contribution in [2.24, 2.45) is 0 Å². The fourth-order valence-corrected chi connectivity index (χ4v) is 2.50. The second-order valence-electron chi connectivity index (χ2n) is 5.99. The third-order valence-corrected chi connectivity index (χ3v) is 3.72. The Morgan fingerprint density at radius 3 is 2.64 bits per heavy atom. The van der Waals surface area contributed by atoms with Crippen LogP contribution in [0.15, 0.2) is 5.38 Å². The number of thiazole rings is 1. The molecule has 0 aromatic carbocycles. The number of nitrogens with one attached hydrogen (secondary N) is 2. The molecule has 0 bridgehead atoms. The SMILES string of the molecule is CCc1nc(C(C)NC(=O)CCNC(=O)OC(C)(C)C)cs1. The van der Waals surface area contributed by atoms with E-state index in [1.165, 1.54) is 0 Å². The van der Waals surface area contributed by atoms with E-state index in [0.29, 0.717) is 0 Å². The number of carbonyl (C=O) groups is 2. The van der Waals surface area contributed by atoms with Crippen molar-refractivity contribution in [3.05, 3.63) is 16.1 Å². The van der Waals surface area contributed by atoms with Crippen molar-refractivity contribution in [2.45, 2.75) is 59.1 Å². The number of nitrogens with zero attached hydrogens (tertiary/aromatic N) is 1. The third-order valence-electron chi connectivity index (χ3n) is 2.71. The van der Waals surface area contributed by atoms with Crippen LogP contribution in [-0.2, 0) is 16.0 Å². The van der Waals surface area contributed by atoms with Crippen LogP contribution in [0.2, 0.25) is 0 Å². The first kappa shape index (κ1) is 18.4. The van der Waals surface area contributed by atoms with Gasteiger partial charge in [0.1, 0.15) is 5.60 Å². The maximum atomic E-state index is 11.8. The fraction of sp³-hybridized carbons (Fsp3) is 0.667. The number of hydrogen-bond donors (Lipinski definition) is 2. The van der Waals surface area contributed by atoms with Crippen LogP contribution in [0.3, 0.4) is 0 Å². The topological polar surface area (TPSA) is 80.3 Å². The van der Waals surface area contributed by atoms with Crippen LogP contribution < -0.4 is 10.6 Å². The molecule has 2 amide bonds. The van der Waals surface area contributed by atoms with Gasteiger partial charge < -0.3 is 15.4 Å². The van der Waals surface area contributed by atoms with Gasteiger partial charge >= 0.3 is 6.09 Å². The number of carbonyl (C=O) groups excluding carboxylic acids is 2. The lowest BCUT2D eigenvalue weighted by molar-refractivity contribution is -0.121. The summed E-state index contributed by atoms with van der Waals surface area (Å²) >= 11 is 1.60. The molecule has 1 unspecified atom stereocenters. The van der Waals surface area contributed by atoms with Crippen LogP contribution >= 0.6 is 11.3 Å². The van der Waals surface area contributed by atoms with E-state index in [1.54, 1.807) is 32.1 Å². The molecule has 1 atom stereocenters. The highest BCUT2D eigenvalue weighted by atomic mass is 32.1. The monoisotopic (exact) mass is 327 g/mol. The quantitative estimate of drug-likeness (QED) is 0.842. The number of aryl methyl sites for hydroxylation is 1. The highest BCUT2D eigenvalue weighted by molar-refractivity contribution is 7.09. The van der Waals surface area contributed by atoms with Gasteiger partial charge in [-0.1, -0.05) is 6.92 Å². The molecule has 2 N–H and O–H groups in total. The van der Waals surface area contributed by atoms with Gasteiger partial charge in [0.2, 0.25) is 5.91 Å². The summed E-state index contributed by atoms with van der Waals surface area (Å²) in [6, 6.07) is -0.134. The third kappa shape index (κ3) is 6.89. The standard InChI is InChI=1S/C15H25N3O3S/c1-6-13-18-11(9-22-13)10(2)17-12(19)7-8-16-14(20)21-15(3,4)5/h9-10H,6-8H2,1-5H3,(H,16,20)(H,17,19). The lowest BCUT2D eigenvalue weighted by Crippen LogP contribution is -2.35. The van der Waals surface area contributed by atoms with E-state index in [4.69, 9.17) is 4.74 Å². The summed E-state index contributed by atoms with van der Waals surface area (Å²) in [6.07, 6.45) is 0.583. The maximum absolute atomic E-state index is 11.8. The van der Waals surface area contributed by atoms with Crippen LogP contribution in [0.4, 0.5) is 4.79 Å². The van der Waals surface area contributed by atoms with Crippen molar-refractivity contribution in [1.82, 2.24) is 15.6 Å². The molecule has 1 rings (SSSR count). The summed E-state index contributed by atoms with van der Waals surface area (Å²) in [5.74, 6) is -0.130. The first-order chi connectivity index (χ1) is 10.2. The molecule has 0 saturated heterocycles. The van der Waals surface area contributed by atoms with Crippen LogP contribution in [0.5, 0.6) is 0 Å². The summed E-state index contributed by atoms with van der Waals surface area (Å²) in [7, 11) is 0. The van der Waals surface area contributed by atoms with Crippen LogP contribution in [0.1, 0.15) is 57.8 Å². The molecule has 7 heteroatoms. The zero-order chi connectivity index (χ0) is 16.8. The van der Waals surface area contributed by atoms with E-state index in [-0.39, 0.29) is 24.9 Å². The van der Waals surface area contributed by atoms with Gasteiger partial charge in [0.15, 0.2) is 0 Å². The number of aromatic nitrogens is 1. The lowest BCUT2D eigenvalue weighted by atomic mass is 10.2. The van der Waals surface area contributed by atoms with Crippen molar-refractivity contribution in [3.63, 3.8) is 0 Å². The first-order valence-corrected chi connectivity index (χ1v) is 8.29. The van der Waals surface area contributed by atoms with E-state index in [9.17, 15) is 9.59 Å². The number of hydrogen-bond acceptors (Lipinski definition) is 5. The molecule has 0 aliphatic heterocycles. The Hall–Kier alpha value is -1.63. The average Bonchev–Trinajstić information content (AvgIpc) is 2.85. The Morgan fingerprint density at radius 1 is 1.41 bits per heavy atom. The van der Waals surface area contributed by atoms with E-state index < -0.39 is 11.7 Å². The van der Waals surface area contributed by atoms with Crippen molar-refractivity contribution in [2.75, 3.05) is 6.54 Å². The molecule has 0 saturated carbocycles. The molecular weight excluding hydrogens is 302 g/mol. The Kier molecular flexibility index (Phi) is 6.80. The van der Waals surface area contributed by atoms with Crippen molar-refractivity contribution in [1.29, 1.82) is 0 Å². The molecule has 0 spiro atoms. The normalized spacial score (nSPS) is 12.6. The zero-order valence-electron chi connectivity index (χ0n) is 13.9. The number of ether oxygens (including phenoxy) is 1. The predicted octanol–water partition coefficient (Wildman–Crippen LogP) is 2.80. The van der Waals surface area contributed by atoms with Gasteiger partial charge in [-0.15, -0.1) is 11.3 Å². The van der Waals surface area contributed by atoms with E-state index >= 15 is 0 Å². The minimum absolute atomic E-state index is 0.130. The number of amides is 2. The van der Waals surface area contributed by atoms with E-state index in [2.05, 4.69) is 15.6 Å². The lowest BCUT2D eigenvalue weighted by Gasteiger charge is -2.19. The van der Waals surface area contributed by atoms with Crippen LogP contribution in [0.25, 0.3) is 0 Å². The summed E-state index contributed by atoms with van der Waals surface area (Å²) in [5, 5.41) is 8.45. The highest BCUT2D eigenvalue weighted by Gasteiger charge is 2.16. The largest absolute Gasteiger partial charge is 0.444 e. The Balaban J connectivity index is 2.30. The van der Waals surface area contributed by atoms with Crippen molar-refractivity contribution >= 4 is 23.3 Å². The molecule has 1 aromatic rings. The summed E-state index contributed by atoms with van der Waals surface area (Å²) in [5.41, 5.74) is 0.331. The Labute approximate surface area is 135 Å². The van der Waals surface area contributed by atoms with E-state index in [1.807, 2.05) is 19.2 Å². The smallest absolute Gasteiger partial charge is 0.407 e. The zero-order valence-corrected chi connectivity index (χ0v) is 14.7. The van der Waals surface area contributed by atoms with Crippen molar-refractivity contribution in [3.8, 4) is 0 Å². The molecular formula is C15H25N3O3S. The van der Waals surface area contributed by atoms with Gasteiger partial charge in [-0.3, -0.25) is 4.79 Å². The van der Waals surface area contributed by atoms with E-state index in [0.717, 1.165) is 17.1 Å². The second kappa shape index (κ2) is 8.12. The molecule has 6 nitrogen and oxygen atoms in total. The molecule has 1 aromatic heterocycles. The van der Waals surface area contributed by atoms with Gasteiger partial charge in [-0.25, -0.2) is 9.78 Å². The van der Waals surface area contributed by atoms with Crippen LogP contribution in [-0.4, -0.2) is 29.1 Å². The van der Waals surface area contributed by atoms with Crippen molar-refractivity contribution < 1.29 is 14.3 Å².